The van der Waals surface area contributed by atoms with Crippen molar-refractivity contribution < 1.29 is 28.7 Å². The number of nitrogens with two attached hydrogens (primary N) is 1. The molecule has 1 saturated heterocycles. The van der Waals surface area contributed by atoms with E-state index in [2.05, 4.69) is 15.5 Å². The number of aliphatic carboxylic acids is 1. The molecule has 156 valence electrons. The standard InChI is InChI=1S/C15H18N5O6PS2/c1-6-4-28-13-9(12(22)20(13)10(6)14(23)24)18-11(21)8(19-26-27(2,3)25)7-5-29-15(16)17-7/h5,9,13H,4H2,1-3H3,(H2,16,17)(H,18,21)(H,23,24)/t9-,13+/m1/s1. The summed E-state index contributed by atoms with van der Waals surface area (Å²) < 4.78 is 16.7. The smallest absolute Gasteiger partial charge is 0.352 e. The van der Waals surface area contributed by atoms with Crippen LogP contribution in [0.15, 0.2) is 21.8 Å². The van der Waals surface area contributed by atoms with Gasteiger partial charge in [0.1, 0.15) is 22.8 Å². The highest BCUT2D eigenvalue weighted by Crippen LogP contribution is 2.40. The Hall–Kier alpha value is -2.37. The zero-order chi connectivity index (χ0) is 21.5. The lowest BCUT2D eigenvalue weighted by Gasteiger charge is -2.49. The van der Waals surface area contributed by atoms with Gasteiger partial charge in [-0.3, -0.25) is 19.1 Å². The SMILES string of the molecule is CC1=C(C(=O)O)N2C(=O)[C@@H](NC(=O)C(=NOP(C)(C)=O)c3csc(N)n3)[C@@H]2SC1. The van der Waals surface area contributed by atoms with Crippen LogP contribution in [0.1, 0.15) is 12.6 Å². The molecule has 2 amide bonds. The fourth-order valence-electron chi connectivity index (χ4n) is 2.72. The van der Waals surface area contributed by atoms with E-state index in [1.807, 2.05) is 0 Å². The first kappa shape index (κ1) is 21.3. The molecule has 3 heterocycles. The molecule has 3 rings (SSSR count). The topological polar surface area (TPSA) is 164 Å². The van der Waals surface area contributed by atoms with Crippen molar-refractivity contribution in [3.63, 3.8) is 0 Å². The van der Waals surface area contributed by atoms with Gasteiger partial charge in [0.25, 0.3) is 19.2 Å². The molecular formula is C15H18N5O6PS2. The number of nitrogens with zero attached hydrogens (tertiary/aromatic N) is 3. The minimum absolute atomic E-state index is 0.0633. The van der Waals surface area contributed by atoms with Crippen LogP contribution in [0.25, 0.3) is 0 Å². The molecule has 29 heavy (non-hydrogen) atoms. The molecule has 0 aromatic carbocycles. The van der Waals surface area contributed by atoms with Gasteiger partial charge in [-0.25, -0.2) is 9.78 Å². The molecule has 0 saturated carbocycles. The van der Waals surface area contributed by atoms with Crippen LogP contribution in [0.5, 0.6) is 0 Å². The highest BCUT2D eigenvalue weighted by atomic mass is 32.2. The highest BCUT2D eigenvalue weighted by molar-refractivity contribution is 8.00. The zero-order valence-corrected chi connectivity index (χ0v) is 18.1. The van der Waals surface area contributed by atoms with Crippen LogP contribution >= 0.6 is 30.5 Å². The summed E-state index contributed by atoms with van der Waals surface area (Å²) in [5.74, 6) is -2.09. The van der Waals surface area contributed by atoms with E-state index in [0.717, 1.165) is 16.2 Å². The molecule has 0 radical (unpaired) electrons. The number of fused-ring (bicyclic) bond motifs is 1. The van der Waals surface area contributed by atoms with Crippen molar-refractivity contribution in [1.29, 1.82) is 0 Å². The number of carbonyl (C=O) groups is 3. The zero-order valence-electron chi connectivity index (χ0n) is 15.6. The summed E-state index contributed by atoms with van der Waals surface area (Å²) in [7, 11) is -3.04. The number of aromatic nitrogens is 1. The van der Waals surface area contributed by atoms with Gasteiger partial charge < -0.3 is 20.8 Å². The third-order valence-corrected chi connectivity index (χ3v) is 6.53. The van der Waals surface area contributed by atoms with Crippen molar-refractivity contribution in [2.24, 2.45) is 5.16 Å². The van der Waals surface area contributed by atoms with E-state index in [-0.39, 0.29) is 22.2 Å². The second-order valence-corrected chi connectivity index (χ2v) is 11.3. The van der Waals surface area contributed by atoms with Gasteiger partial charge in [-0.1, -0.05) is 5.16 Å². The molecule has 1 aromatic rings. The minimum atomic E-state index is -3.04. The Balaban J connectivity index is 1.82. The van der Waals surface area contributed by atoms with E-state index in [9.17, 15) is 24.1 Å². The normalized spacial score (nSPS) is 22.1. The number of rotatable bonds is 6. The number of nitrogen functional groups attached to an aromatic ring is 1. The van der Waals surface area contributed by atoms with Crippen molar-refractivity contribution in [3.05, 3.63) is 22.3 Å². The Kier molecular flexibility index (Phi) is 5.74. The van der Waals surface area contributed by atoms with Gasteiger partial charge in [-0.2, -0.15) is 0 Å². The van der Waals surface area contributed by atoms with Gasteiger partial charge in [0.2, 0.25) is 0 Å². The fraction of sp³-hybridized carbons (Fsp3) is 0.400. The number of thioether (sulfide) groups is 1. The molecular weight excluding hydrogens is 441 g/mol. The number of carboxylic acids is 1. The second kappa shape index (κ2) is 7.81. The number of hydrogen-bond donors (Lipinski definition) is 3. The molecule has 1 aromatic heterocycles. The lowest BCUT2D eigenvalue weighted by Crippen LogP contribution is -2.71. The summed E-state index contributed by atoms with van der Waals surface area (Å²) in [6.07, 6.45) is 0. The average Bonchev–Trinajstić information content (AvgIpc) is 3.04. The quantitative estimate of drug-likeness (QED) is 0.241. The molecule has 11 nitrogen and oxygen atoms in total. The number of carbonyl (C=O) groups excluding carboxylic acids is 2. The van der Waals surface area contributed by atoms with E-state index in [0.29, 0.717) is 11.3 Å². The molecule has 0 spiro atoms. The fourth-order valence-corrected chi connectivity index (χ4v) is 4.84. The van der Waals surface area contributed by atoms with E-state index in [4.69, 9.17) is 10.4 Å². The summed E-state index contributed by atoms with van der Waals surface area (Å²) in [6.45, 7) is 4.31. The lowest BCUT2D eigenvalue weighted by molar-refractivity contribution is -0.150. The number of carboxylic acid groups (broad SMARTS) is 1. The van der Waals surface area contributed by atoms with Crippen molar-refractivity contribution in [2.45, 2.75) is 18.3 Å². The third-order valence-electron chi connectivity index (χ3n) is 3.96. The maximum atomic E-state index is 12.8. The Bertz CT molecular complexity index is 999. The molecule has 2 atom stereocenters. The third kappa shape index (κ3) is 4.31. The molecule has 0 bridgehead atoms. The van der Waals surface area contributed by atoms with Crippen LogP contribution in [0, 0.1) is 0 Å². The van der Waals surface area contributed by atoms with Crippen LogP contribution in [-0.4, -0.2) is 69.0 Å². The lowest BCUT2D eigenvalue weighted by atomic mass is 10.0. The second-order valence-electron chi connectivity index (χ2n) is 6.64. The summed E-state index contributed by atoms with van der Waals surface area (Å²) in [5.41, 5.74) is 5.95. The van der Waals surface area contributed by atoms with Gasteiger partial charge in [0.05, 0.1) is 0 Å². The van der Waals surface area contributed by atoms with E-state index in [1.54, 1.807) is 6.92 Å². The first-order valence-electron chi connectivity index (χ1n) is 8.21. The largest absolute Gasteiger partial charge is 0.477 e. The molecule has 0 aliphatic carbocycles. The van der Waals surface area contributed by atoms with E-state index < -0.39 is 36.6 Å². The van der Waals surface area contributed by atoms with Gasteiger partial charge in [-0.15, -0.1) is 23.1 Å². The summed E-state index contributed by atoms with van der Waals surface area (Å²) in [5, 5.41) is 16.7. The Morgan fingerprint density at radius 2 is 2.17 bits per heavy atom. The molecule has 2 aliphatic rings. The van der Waals surface area contributed by atoms with Gasteiger partial charge in [0.15, 0.2) is 10.8 Å². The highest BCUT2D eigenvalue weighted by Gasteiger charge is 2.54. The number of thiazole rings is 1. The maximum absolute atomic E-state index is 12.8. The number of hydrogen-bond acceptors (Lipinski definition) is 10. The first-order valence-corrected chi connectivity index (χ1v) is 12.7. The Morgan fingerprint density at radius 1 is 1.48 bits per heavy atom. The van der Waals surface area contributed by atoms with Gasteiger partial charge >= 0.3 is 5.97 Å². The average molecular weight is 459 g/mol. The van der Waals surface area contributed by atoms with E-state index >= 15 is 0 Å². The number of oxime groups is 1. The number of nitrogens with one attached hydrogen (secondary N) is 1. The number of amides is 2. The van der Waals surface area contributed by atoms with Crippen LogP contribution in [0.3, 0.4) is 0 Å². The number of anilines is 1. The van der Waals surface area contributed by atoms with Crippen molar-refractivity contribution >= 4 is 59.1 Å². The van der Waals surface area contributed by atoms with Crippen molar-refractivity contribution in [2.75, 3.05) is 24.8 Å². The van der Waals surface area contributed by atoms with Crippen LogP contribution in [0.2, 0.25) is 0 Å². The summed E-state index contributed by atoms with van der Waals surface area (Å²) >= 11 is 2.42. The summed E-state index contributed by atoms with van der Waals surface area (Å²) in [6, 6.07) is -0.939. The van der Waals surface area contributed by atoms with Crippen LogP contribution in [-0.2, 0) is 23.6 Å². The molecule has 2 aliphatic heterocycles. The molecule has 4 N–H and O–H groups in total. The van der Waals surface area contributed by atoms with Gasteiger partial charge in [0, 0.05) is 24.5 Å². The Morgan fingerprint density at radius 3 is 2.72 bits per heavy atom. The van der Waals surface area contributed by atoms with Crippen LogP contribution in [0.4, 0.5) is 5.13 Å². The first-order chi connectivity index (χ1) is 13.5. The predicted molar refractivity (Wildman–Crippen MR) is 109 cm³/mol. The summed E-state index contributed by atoms with van der Waals surface area (Å²) in [4.78, 5) is 41.9. The van der Waals surface area contributed by atoms with Gasteiger partial charge in [-0.05, 0) is 12.5 Å². The van der Waals surface area contributed by atoms with Crippen molar-refractivity contribution in [3.8, 4) is 0 Å². The number of β-lactam (4-membered cyclic amide) rings is 1. The maximum Gasteiger partial charge on any atom is 0.352 e. The van der Waals surface area contributed by atoms with Crippen LogP contribution < -0.4 is 11.1 Å². The van der Waals surface area contributed by atoms with Crippen molar-refractivity contribution in [1.82, 2.24) is 15.2 Å². The Labute approximate surface area is 173 Å². The minimum Gasteiger partial charge on any atom is -0.477 e. The molecule has 14 heteroatoms. The predicted octanol–water partition coefficient (Wildman–Crippen LogP) is 0.742. The molecule has 1 fully saturated rings. The van der Waals surface area contributed by atoms with E-state index in [1.165, 1.54) is 30.5 Å². The molecule has 0 unspecified atom stereocenters. The monoisotopic (exact) mass is 459 g/mol.